The monoisotopic (exact) mass is 334 g/mol. The minimum atomic E-state index is -0.379. The van der Waals surface area contributed by atoms with Gasteiger partial charge in [-0.25, -0.2) is 4.79 Å². The summed E-state index contributed by atoms with van der Waals surface area (Å²) in [6, 6.07) is 7.65. The lowest BCUT2D eigenvalue weighted by atomic mass is 10.1. The van der Waals surface area contributed by atoms with Crippen molar-refractivity contribution in [2.75, 3.05) is 19.8 Å². The zero-order valence-electron chi connectivity index (χ0n) is 14.1. The van der Waals surface area contributed by atoms with Gasteiger partial charge in [0.05, 0.1) is 6.61 Å². The first kappa shape index (κ1) is 18.3. The molecule has 1 aliphatic rings. The molecule has 24 heavy (non-hydrogen) atoms. The Hall–Kier alpha value is -2.08. The highest BCUT2D eigenvalue weighted by molar-refractivity contribution is 5.79. The summed E-state index contributed by atoms with van der Waals surface area (Å²) in [5, 5.41) is 2.98. The Morgan fingerprint density at radius 2 is 2.00 bits per heavy atom. The molecule has 1 fully saturated rings. The maximum absolute atomic E-state index is 12.0. The molecule has 0 bridgehead atoms. The Morgan fingerprint density at radius 1 is 1.25 bits per heavy atom. The van der Waals surface area contributed by atoms with E-state index >= 15 is 0 Å². The molecule has 132 valence electrons. The van der Waals surface area contributed by atoms with Crippen LogP contribution in [0.2, 0.25) is 0 Å². The molecule has 1 aromatic rings. The van der Waals surface area contributed by atoms with Gasteiger partial charge in [-0.15, -0.1) is 0 Å². The number of esters is 1. The van der Waals surface area contributed by atoms with E-state index in [4.69, 9.17) is 15.2 Å². The van der Waals surface area contributed by atoms with Gasteiger partial charge in [0.15, 0.2) is 6.61 Å². The van der Waals surface area contributed by atoms with Crippen molar-refractivity contribution in [3.8, 4) is 5.75 Å². The summed E-state index contributed by atoms with van der Waals surface area (Å²) in [6.45, 7) is 2.62. The maximum Gasteiger partial charge on any atom is 0.344 e. The van der Waals surface area contributed by atoms with Crippen molar-refractivity contribution in [3.05, 3.63) is 29.8 Å². The molecule has 0 saturated heterocycles. The fourth-order valence-electron chi connectivity index (χ4n) is 2.83. The van der Waals surface area contributed by atoms with Gasteiger partial charge in [-0.2, -0.15) is 0 Å². The minimum absolute atomic E-state index is 0.0682. The third kappa shape index (κ3) is 5.85. The largest absolute Gasteiger partial charge is 0.482 e. The third-order valence-electron chi connectivity index (χ3n) is 4.14. The summed E-state index contributed by atoms with van der Waals surface area (Å²) in [5.74, 6) is 0.419. The highest BCUT2D eigenvalue weighted by Crippen LogP contribution is 2.24. The lowest BCUT2D eigenvalue weighted by Crippen LogP contribution is -2.31. The number of rotatable bonds is 8. The molecule has 2 atom stereocenters. The first-order chi connectivity index (χ1) is 11.6. The lowest BCUT2D eigenvalue weighted by molar-refractivity contribution is -0.145. The Balaban J connectivity index is 1.68. The van der Waals surface area contributed by atoms with E-state index in [1.54, 1.807) is 6.92 Å². The van der Waals surface area contributed by atoms with E-state index in [1.165, 1.54) is 0 Å². The highest BCUT2D eigenvalue weighted by Gasteiger charge is 2.27. The van der Waals surface area contributed by atoms with Gasteiger partial charge in [-0.3, -0.25) is 4.79 Å². The molecule has 0 spiro atoms. The summed E-state index contributed by atoms with van der Waals surface area (Å²) in [7, 11) is 0. The summed E-state index contributed by atoms with van der Waals surface area (Å²) in [6.07, 6.45) is 3.37. The van der Waals surface area contributed by atoms with Crippen LogP contribution in [0.5, 0.6) is 5.75 Å². The third-order valence-corrected chi connectivity index (χ3v) is 4.14. The molecule has 0 heterocycles. The zero-order chi connectivity index (χ0) is 17.4. The standard InChI is InChI=1S/C18H26N2O4/c1-2-23-17(21)12-24-16-7-3-13(4-8-16)9-10-20-18(22)14-5-6-15(19)11-14/h3-4,7-8,14-15H,2,5-6,9-12,19H2,1H3,(H,20,22). The van der Waals surface area contributed by atoms with Crippen molar-refractivity contribution >= 4 is 11.9 Å². The van der Waals surface area contributed by atoms with Crippen LogP contribution in [0.15, 0.2) is 24.3 Å². The van der Waals surface area contributed by atoms with E-state index in [2.05, 4.69) is 5.32 Å². The summed E-state index contributed by atoms with van der Waals surface area (Å²) in [5.41, 5.74) is 6.94. The van der Waals surface area contributed by atoms with Gasteiger partial charge >= 0.3 is 5.97 Å². The van der Waals surface area contributed by atoms with E-state index in [0.717, 1.165) is 31.2 Å². The molecule has 1 amide bonds. The van der Waals surface area contributed by atoms with Crippen molar-refractivity contribution in [3.63, 3.8) is 0 Å². The van der Waals surface area contributed by atoms with Crippen molar-refractivity contribution in [1.82, 2.24) is 5.32 Å². The summed E-state index contributed by atoms with van der Waals surface area (Å²) >= 11 is 0. The van der Waals surface area contributed by atoms with Crippen LogP contribution >= 0.6 is 0 Å². The number of ether oxygens (including phenoxy) is 2. The average Bonchev–Trinajstić information content (AvgIpc) is 3.01. The molecule has 2 rings (SSSR count). The van der Waals surface area contributed by atoms with Gasteiger partial charge in [-0.05, 0) is 50.3 Å². The molecule has 1 aliphatic carbocycles. The molecule has 1 saturated carbocycles. The predicted octanol–water partition coefficient (Wildman–Crippen LogP) is 1.41. The van der Waals surface area contributed by atoms with E-state index < -0.39 is 0 Å². The Kier molecular flexibility index (Phi) is 7.06. The maximum atomic E-state index is 12.0. The smallest absolute Gasteiger partial charge is 0.344 e. The molecule has 0 aromatic heterocycles. The number of hydrogen-bond donors (Lipinski definition) is 2. The van der Waals surface area contributed by atoms with Gasteiger partial charge < -0.3 is 20.5 Å². The van der Waals surface area contributed by atoms with Crippen LogP contribution in [-0.4, -0.2) is 37.7 Å². The Labute approximate surface area is 142 Å². The molecule has 0 radical (unpaired) electrons. The SMILES string of the molecule is CCOC(=O)COc1ccc(CCNC(=O)C2CCC(N)C2)cc1. The van der Waals surface area contributed by atoms with Crippen LogP contribution in [0.1, 0.15) is 31.7 Å². The fraction of sp³-hybridized carbons (Fsp3) is 0.556. The van der Waals surface area contributed by atoms with E-state index in [-0.39, 0.29) is 30.4 Å². The van der Waals surface area contributed by atoms with E-state index in [0.29, 0.717) is 18.9 Å². The lowest BCUT2D eigenvalue weighted by Gasteiger charge is -2.11. The first-order valence-electron chi connectivity index (χ1n) is 8.49. The van der Waals surface area contributed by atoms with Gasteiger partial charge in [0, 0.05) is 18.5 Å². The Morgan fingerprint density at radius 3 is 2.62 bits per heavy atom. The van der Waals surface area contributed by atoms with Crippen LogP contribution in [-0.2, 0) is 20.7 Å². The molecule has 2 unspecified atom stereocenters. The predicted molar refractivity (Wildman–Crippen MR) is 90.6 cm³/mol. The second-order valence-corrected chi connectivity index (χ2v) is 6.05. The van der Waals surface area contributed by atoms with Gasteiger partial charge in [0.1, 0.15) is 5.75 Å². The number of nitrogens with one attached hydrogen (secondary N) is 1. The molecule has 3 N–H and O–H groups in total. The first-order valence-corrected chi connectivity index (χ1v) is 8.49. The second-order valence-electron chi connectivity index (χ2n) is 6.05. The number of nitrogens with two attached hydrogens (primary N) is 1. The van der Waals surface area contributed by atoms with E-state index in [9.17, 15) is 9.59 Å². The van der Waals surface area contributed by atoms with Crippen LogP contribution in [0.3, 0.4) is 0 Å². The number of hydrogen-bond acceptors (Lipinski definition) is 5. The molecule has 1 aromatic carbocycles. The highest BCUT2D eigenvalue weighted by atomic mass is 16.6. The number of carbonyl (C=O) groups excluding carboxylic acids is 2. The average molecular weight is 334 g/mol. The topological polar surface area (TPSA) is 90.6 Å². The van der Waals surface area contributed by atoms with Crippen LogP contribution in [0, 0.1) is 5.92 Å². The molecule has 6 nitrogen and oxygen atoms in total. The molecule has 6 heteroatoms. The van der Waals surface area contributed by atoms with Crippen LogP contribution in [0.25, 0.3) is 0 Å². The van der Waals surface area contributed by atoms with Crippen LogP contribution < -0.4 is 15.8 Å². The van der Waals surface area contributed by atoms with Gasteiger partial charge in [-0.1, -0.05) is 12.1 Å². The fourth-order valence-corrected chi connectivity index (χ4v) is 2.83. The van der Waals surface area contributed by atoms with Crippen molar-refractivity contribution < 1.29 is 19.1 Å². The summed E-state index contributed by atoms with van der Waals surface area (Å²) in [4.78, 5) is 23.2. The van der Waals surface area contributed by atoms with Crippen molar-refractivity contribution in [2.45, 2.75) is 38.6 Å². The second kappa shape index (κ2) is 9.27. The van der Waals surface area contributed by atoms with Gasteiger partial charge in [0.25, 0.3) is 0 Å². The quantitative estimate of drug-likeness (QED) is 0.702. The van der Waals surface area contributed by atoms with E-state index in [1.807, 2.05) is 24.3 Å². The zero-order valence-corrected chi connectivity index (χ0v) is 14.1. The summed E-state index contributed by atoms with van der Waals surface area (Å²) < 4.78 is 10.1. The number of carbonyl (C=O) groups is 2. The van der Waals surface area contributed by atoms with Gasteiger partial charge in [0.2, 0.25) is 5.91 Å². The number of amides is 1. The molecule has 0 aliphatic heterocycles. The van der Waals surface area contributed by atoms with Crippen molar-refractivity contribution in [2.24, 2.45) is 11.7 Å². The minimum Gasteiger partial charge on any atom is -0.482 e. The molecular weight excluding hydrogens is 308 g/mol. The van der Waals surface area contributed by atoms with Crippen LogP contribution in [0.4, 0.5) is 0 Å². The Bertz CT molecular complexity index is 544. The number of benzene rings is 1. The normalized spacial score (nSPS) is 19.8. The van der Waals surface area contributed by atoms with Crippen molar-refractivity contribution in [1.29, 1.82) is 0 Å². The molecular formula is C18H26N2O4.